The van der Waals surface area contributed by atoms with E-state index >= 15 is 0 Å². The lowest BCUT2D eigenvalue weighted by Crippen LogP contribution is -2.54. The van der Waals surface area contributed by atoms with E-state index in [9.17, 15) is 14.4 Å². The number of urea groups is 1. The second-order valence-corrected chi connectivity index (χ2v) is 4.70. The minimum atomic E-state index is -0.744. The van der Waals surface area contributed by atoms with Gasteiger partial charge in [-0.2, -0.15) is 0 Å². The molecule has 22 heavy (non-hydrogen) atoms. The standard InChI is InChI=1S/C17H12N2O3/c20-15-14(11-12-7-3-1-4-8-12)16(21)19(17(22)18-15)13-9-5-2-6-10-13/h1-11H,(H,18,20,22)/b14-11-. The van der Waals surface area contributed by atoms with Crippen molar-refractivity contribution in [1.82, 2.24) is 5.32 Å². The van der Waals surface area contributed by atoms with Crippen LogP contribution in [0.5, 0.6) is 0 Å². The van der Waals surface area contributed by atoms with E-state index in [1.165, 1.54) is 6.08 Å². The predicted molar refractivity (Wildman–Crippen MR) is 81.9 cm³/mol. The Hall–Kier alpha value is -3.21. The van der Waals surface area contributed by atoms with Crippen molar-refractivity contribution in [2.24, 2.45) is 0 Å². The van der Waals surface area contributed by atoms with Crippen LogP contribution in [0, 0.1) is 0 Å². The van der Waals surface area contributed by atoms with Gasteiger partial charge >= 0.3 is 6.03 Å². The highest BCUT2D eigenvalue weighted by Crippen LogP contribution is 2.21. The Kier molecular flexibility index (Phi) is 3.53. The molecule has 1 aliphatic heterocycles. The fraction of sp³-hybridized carbons (Fsp3) is 0. The number of nitrogens with zero attached hydrogens (tertiary/aromatic N) is 1. The van der Waals surface area contributed by atoms with Crippen LogP contribution in [0.3, 0.4) is 0 Å². The fourth-order valence-corrected chi connectivity index (χ4v) is 2.18. The molecule has 0 atom stereocenters. The van der Waals surface area contributed by atoms with Crippen molar-refractivity contribution in [1.29, 1.82) is 0 Å². The zero-order valence-corrected chi connectivity index (χ0v) is 11.5. The predicted octanol–water partition coefficient (Wildman–Crippen LogP) is 2.35. The smallest absolute Gasteiger partial charge is 0.273 e. The molecule has 1 heterocycles. The molecule has 2 aromatic rings. The van der Waals surface area contributed by atoms with Crippen LogP contribution in [-0.2, 0) is 9.59 Å². The van der Waals surface area contributed by atoms with Gasteiger partial charge in [-0.15, -0.1) is 0 Å². The summed E-state index contributed by atoms with van der Waals surface area (Å²) in [7, 11) is 0. The molecule has 0 aromatic heterocycles. The lowest BCUT2D eigenvalue weighted by molar-refractivity contribution is -0.122. The first-order valence-electron chi connectivity index (χ1n) is 6.68. The van der Waals surface area contributed by atoms with Crippen LogP contribution in [-0.4, -0.2) is 17.8 Å². The highest BCUT2D eigenvalue weighted by Gasteiger charge is 2.36. The Balaban J connectivity index is 2.02. The zero-order valence-electron chi connectivity index (χ0n) is 11.5. The number of carbonyl (C=O) groups excluding carboxylic acids is 3. The topological polar surface area (TPSA) is 66.5 Å². The summed E-state index contributed by atoms with van der Waals surface area (Å²) >= 11 is 0. The van der Waals surface area contributed by atoms with Crippen molar-refractivity contribution < 1.29 is 14.4 Å². The van der Waals surface area contributed by atoms with Crippen LogP contribution < -0.4 is 10.2 Å². The molecule has 0 radical (unpaired) electrons. The minimum absolute atomic E-state index is 0.0744. The maximum Gasteiger partial charge on any atom is 0.335 e. The van der Waals surface area contributed by atoms with Gasteiger partial charge in [0.25, 0.3) is 11.8 Å². The number of amides is 4. The minimum Gasteiger partial charge on any atom is -0.273 e. The van der Waals surface area contributed by atoms with Crippen LogP contribution in [0.1, 0.15) is 5.56 Å². The molecule has 0 aliphatic carbocycles. The first kappa shape index (κ1) is 13.8. The lowest BCUT2D eigenvalue weighted by Gasteiger charge is -2.26. The second kappa shape index (κ2) is 5.65. The van der Waals surface area contributed by atoms with E-state index in [-0.39, 0.29) is 5.57 Å². The molecule has 108 valence electrons. The molecular formula is C17H12N2O3. The van der Waals surface area contributed by atoms with Gasteiger partial charge in [-0.25, -0.2) is 9.69 Å². The molecule has 0 bridgehead atoms. The summed E-state index contributed by atoms with van der Waals surface area (Å²) in [6.07, 6.45) is 1.47. The average Bonchev–Trinajstić information content (AvgIpc) is 2.53. The molecule has 5 nitrogen and oxygen atoms in total. The molecule has 1 aliphatic rings. The maximum absolute atomic E-state index is 12.5. The van der Waals surface area contributed by atoms with E-state index in [1.807, 2.05) is 6.07 Å². The average molecular weight is 292 g/mol. The monoisotopic (exact) mass is 292 g/mol. The number of carbonyl (C=O) groups is 3. The zero-order chi connectivity index (χ0) is 15.5. The number of benzene rings is 2. The summed E-state index contributed by atoms with van der Waals surface area (Å²) in [6, 6.07) is 16.7. The van der Waals surface area contributed by atoms with E-state index in [4.69, 9.17) is 0 Å². The Morgan fingerprint density at radius 2 is 1.41 bits per heavy atom. The number of barbiturate groups is 1. The van der Waals surface area contributed by atoms with Crippen molar-refractivity contribution in [3.8, 4) is 0 Å². The van der Waals surface area contributed by atoms with Crippen LogP contribution in [0.4, 0.5) is 10.5 Å². The molecule has 0 saturated carbocycles. The van der Waals surface area contributed by atoms with Crippen molar-refractivity contribution in [2.45, 2.75) is 0 Å². The van der Waals surface area contributed by atoms with Gasteiger partial charge in [-0.3, -0.25) is 14.9 Å². The van der Waals surface area contributed by atoms with Gasteiger partial charge in [0.05, 0.1) is 5.69 Å². The molecule has 2 aromatic carbocycles. The summed E-state index contributed by atoms with van der Waals surface area (Å²) in [5.74, 6) is -1.32. The lowest BCUT2D eigenvalue weighted by atomic mass is 10.1. The van der Waals surface area contributed by atoms with Gasteiger partial charge in [-0.1, -0.05) is 48.5 Å². The number of imide groups is 2. The summed E-state index contributed by atoms with van der Waals surface area (Å²) in [5, 5.41) is 2.19. The Morgan fingerprint density at radius 1 is 0.818 bits per heavy atom. The van der Waals surface area contributed by atoms with Crippen LogP contribution in [0.2, 0.25) is 0 Å². The molecule has 5 heteroatoms. The van der Waals surface area contributed by atoms with Crippen molar-refractivity contribution in [3.05, 3.63) is 71.8 Å². The van der Waals surface area contributed by atoms with Gasteiger partial charge in [0.2, 0.25) is 0 Å². The number of anilines is 1. The van der Waals surface area contributed by atoms with Crippen LogP contribution in [0.15, 0.2) is 66.2 Å². The normalized spacial score (nSPS) is 16.8. The second-order valence-electron chi connectivity index (χ2n) is 4.70. The summed E-state index contributed by atoms with van der Waals surface area (Å²) < 4.78 is 0. The fourth-order valence-electron chi connectivity index (χ4n) is 2.18. The van der Waals surface area contributed by atoms with Crippen molar-refractivity contribution >= 4 is 29.6 Å². The van der Waals surface area contributed by atoms with Gasteiger partial charge in [-0.05, 0) is 23.8 Å². The summed E-state index contributed by atoms with van der Waals surface area (Å²) in [5.41, 5.74) is 1.05. The number of nitrogens with one attached hydrogen (secondary N) is 1. The third-order valence-electron chi connectivity index (χ3n) is 3.23. The van der Waals surface area contributed by atoms with E-state index in [0.29, 0.717) is 11.3 Å². The number of rotatable bonds is 2. The Bertz CT molecular complexity index is 767. The molecule has 3 rings (SSSR count). The molecule has 1 saturated heterocycles. The first-order chi connectivity index (χ1) is 10.7. The quantitative estimate of drug-likeness (QED) is 0.682. The SMILES string of the molecule is O=C1NC(=O)N(c2ccccc2)C(=O)/C1=C\c1ccccc1. The van der Waals surface area contributed by atoms with Crippen LogP contribution >= 0.6 is 0 Å². The van der Waals surface area contributed by atoms with Gasteiger partial charge in [0, 0.05) is 0 Å². The largest absolute Gasteiger partial charge is 0.335 e. The molecule has 1 fully saturated rings. The molecule has 1 N–H and O–H groups in total. The summed E-state index contributed by atoms with van der Waals surface area (Å²) in [6.45, 7) is 0. The highest BCUT2D eigenvalue weighted by molar-refractivity contribution is 6.39. The molecule has 0 unspecified atom stereocenters. The van der Waals surface area contributed by atoms with E-state index in [2.05, 4.69) is 5.32 Å². The third kappa shape index (κ3) is 2.52. The number of para-hydroxylation sites is 1. The number of hydrogen-bond donors (Lipinski definition) is 1. The van der Waals surface area contributed by atoms with E-state index < -0.39 is 17.8 Å². The highest BCUT2D eigenvalue weighted by atomic mass is 16.2. The van der Waals surface area contributed by atoms with Crippen LogP contribution in [0.25, 0.3) is 6.08 Å². The molecular weight excluding hydrogens is 280 g/mol. The van der Waals surface area contributed by atoms with Gasteiger partial charge in [0.1, 0.15) is 5.57 Å². The first-order valence-corrected chi connectivity index (χ1v) is 6.68. The van der Waals surface area contributed by atoms with Gasteiger partial charge in [0.15, 0.2) is 0 Å². The third-order valence-corrected chi connectivity index (χ3v) is 3.23. The summed E-state index contributed by atoms with van der Waals surface area (Å²) in [4.78, 5) is 37.4. The van der Waals surface area contributed by atoms with E-state index in [1.54, 1.807) is 54.6 Å². The number of hydrogen-bond acceptors (Lipinski definition) is 3. The molecule has 4 amide bonds. The molecule has 0 spiro atoms. The maximum atomic E-state index is 12.5. The Morgan fingerprint density at radius 3 is 2.05 bits per heavy atom. The van der Waals surface area contributed by atoms with E-state index in [0.717, 1.165) is 4.90 Å². The Labute approximate surface area is 126 Å². The van der Waals surface area contributed by atoms with Gasteiger partial charge < -0.3 is 0 Å². The van der Waals surface area contributed by atoms with Crippen molar-refractivity contribution in [2.75, 3.05) is 4.90 Å². The van der Waals surface area contributed by atoms with Crippen molar-refractivity contribution in [3.63, 3.8) is 0 Å².